The van der Waals surface area contributed by atoms with E-state index >= 15 is 0 Å². The van der Waals surface area contributed by atoms with Crippen LogP contribution in [0, 0.1) is 0 Å². The van der Waals surface area contributed by atoms with E-state index in [4.69, 9.17) is 38.8 Å². The monoisotopic (exact) mass is 504 g/mol. The van der Waals surface area contributed by atoms with Gasteiger partial charge in [-0.25, -0.2) is 4.79 Å². The summed E-state index contributed by atoms with van der Waals surface area (Å²) in [4.78, 5) is 19.1. The van der Waals surface area contributed by atoms with Crippen molar-refractivity contribution in [3.8, 4) is 5.75 Å². The first-order valence-electron chi connectivity index (χ1n) is 11.6. The van der Waals surface area contributed by atoms with Crippen LogP contribution in [-0.4, -0.2) is 65.2 Å². The van der Waals surface area contributed by atoms with Gasteiger partial charge in [0.05, 0.1) is 10.0 Å². The number of carboxylic acid groups (broad SMARTS) is 1. The lowest BCUT2D eigenvalue weighted by Crippen LogP contribution is -2.48. The van der Waals surface area contributed by atoms with Gasteiger partial charge in [0.2, 0.25) is 0 Å². The number of hydrogen-bond acceptors (Lipinski definition) is 4. The third kappa shape index (κ3) is 6.63. The van der Waals surface area contributed by atoms with E-state index in [2.05, 4.69) is 14.8 Å². The van der Waals surface area contributed by atoms with Crippen LogP contribution in [0.5, 0.6) is 5.75 Å². The van der Waals surface area contributed by atoms with Crippen molar-refractivity contribution in [3.63, 3.8) is 0 Å². The van der Waals surface area contributed by atoms with Gasteiger partial charge in [-0.15, -0.1) is 0 Å². The van der Waals surface area contributed by atoms with Crippen molar-refractivity contribution in [1.29, 1.82) is 0 Å². The maximum Gasteiger partial charge on any atom is 0.433 e. The van der Waals surface area contributed by atoms with Crippen LogP contribution < -0.4 is 10.5 Å². The number of hydrogen-bond donors (Lipinski definition) is 2. The van der Waals surface area contributed by atoms with E-state index in [0.29, 0.717) is 21.7 Å². The molecule has 0 atom stereocenters. The van der Waals surface area contributed by atoms with Crippen LogP contribution in [0.1, 0.15) is 36.8 Å². The lowest BCUT2D eigenvalue weighted by Gasteiger charge is -2.41. The van der Waals surface area contributed by atoms with Crippen LogP contribution in [0.25, 0.3) is 0 Å². The van der Waals surface area contributed by atoms with Gasteiger partial charge in [-0.05, 0) is 56.5 Å². The number of nitrogens with two attached hydrogens (primary N) is 1. The quantitative estimate of drug-likeness (QED) is 0.430. The normalized spacial score (nSPS) is 19.3. The van der Waals surface area contributed by atoms with Gasteiger partial charge in [0.25, 0.3) is 0 Å². The van der Waals surface area contributed by atoms with E-state index in [9.17, 15) is 4.79 Å². The van der Waals surface area contributed by atoms with Crippen molar-refractivity contribution in [3.05, 3.63) is 63.6 Å². The zero-order chi connectivity index (χ0) is 24.1. The molecular weight excluding hydrogens is 475 g/mol. The molecule has 0 saturated carbocycles. The molecule has 3 N–H and O–H groups in total. The van der Waals surface area contributed by atoms with Gasteiger partial charge in [0, 0.05) is 37.3 Å². The Kier molecular flexibility index (Phi) is 8.32. The number of ether oxygens (including phenoxy) is 1. The molecule has 2 aromatic rings. The molecular formula is C25H30Cl2N4O3. The van der Waals surface area contributed by atoms with Crippen molar-refractivity contribution in [2.75, 3.05) is 26.2 Å². The van der Waals surface area contributed by atoms with Gasteiger partial charge in [-0.1, -0.05) is 47.5 Å². The number of likely N-dealkylation sites (tertiary alicyclic amines) is 2. The van der Waals surface area contributed by atoms with Crippen molar-refractivity contribution >= 4 is 35.1 Å². The summed E-state index contributed by atoms with van der Waals surface area (Å²) < 4.78 is 6.13. The van der Waals surface area contributed by atoms with E-state index in [1.165, 1.54) is 5.56 Å². The van der Waals surface area contributed by atoms with Gasteiger partial charge < -0.3 is 20.5 Å². The number of carbonyl (C=O) groups is 1. The number of benzene rings is 2. The van der Waals surface area contributed by atoms with E-state index < -0.39 is 6.09 Å². The van der Waals surface area contributed by atoms with Crippen molar-refractivity contribution in [1.82, 2.24) is 9.80 Å². The first-order chi connectivity index (χ1) is 16.4. The number of amidine groups is 1. The SMILES string of the molecule is NC(=NC(=O)O)c1ccc(CN2CCC(N3CCC(Oc4ccc(Cl)c(Cl)c4)CC3)CC2)cc1. The number of piperidine rings is 2. The molecule has 0 aromatic heterocycles. The number of amides is 1. The van der Waals surface area contributed by atoms with Crippen LogP contribution in [0.3, 0.4) is 0 Å². The summed E-state index contributed by atoms with van der Waals surface area (Å²) in [7, 11) is 0. The fourth-order valence-corrected chi connectivity index (χ4v) is 5.04. The molecule has 2 fully saturated rings. The Morgan fingerprint density at radius 3 is 2.29 bits per heavy atom. The molecule has 1 amide bonds. The molecule has 7 nitrogen and oxygen atoms in total. The number of halogens is 2. The standard InChI is InChI=1S/C25H30Cl2N4O3/c26-22-6-5-21(15-23(22)27)34-20-9-13-31(14-10-20)19-7-11-30(12-8-19)16-17-1-3-18(4-2-17)24(28)29-25(32)33/h1-6,15,19-20H,7-14,16H2,(H2,28,29)(H,32,33). The summed E-state index contributed by atoms with van der Waals surface area (Å²) in [6.07, 6.45) is 3.28. The topological polar surface area (TPSA) is 91.4 Å². The third-order valence-electron chi connectivity index (χ3n) is 6.62. The molecule has 0 spiro atoms. The minimum absolute atomic E-state index is 0.0194. The van der Waals surface area contributed by atoms with E-state index in [0.717, 1.165) is 64.2 Å². The Balaban J connectivity index is 1.20. The van der Waals surface area contributed by atoms with Gasteiger partial charge in [-0.3, -0.25) is 4.90 Å². The molecule has 2 aliphatic rings. The van der Waals surface area contributed by atoms with Gasteiger partial charge >= 0.3 is 6.09 Å². The minimum Gasteiger partial charge on any atom is -0.490 e. The molecule has 2 heterocycles. The third-order valence-corrected chi connectivity index (χ3v) is 7.35. The van der Waals surface area contributed by atoms with Crippen molar-refractivity contribution in [2.45, 2.75) is 44.4 Å². The average Bonchev–Trinajstić information content (AvgIpc) is 2.82. The highest BCUT2D eigenvalue weighted by Crippen LogP contribution is 2.29. The minimum atomic E-state index is -1.28. The zero-order valence-corrected chi connectivity index (χ0v) is 20.5. The molecule has 182 valence electrons. The Morgan fingerprint density at radius 1 is 1.00 bits per heavy atom. The van der Waals surface area contributed by atoms with Crippen LogP contribution in [-0.2, 0) is 6.54 Å². The maximum absolute atomic E-state index is 10.7. The number of aliphatic imine (C=N–C) groups is 1. The van der Waals surface area contributed by atoms with Crippen LogP contribution >= 0.6 is 23.2 Å². The molecule has 0 aliphatic carbocycles. The summed E-state index contributed by atoms with van der Waals surface area (Å²) >= 11 is 12.1. The zero-order valence-electron chi connectivity index (χ0n) is 19.0. The largest absolute Gasteiger partial charge is 0.490 e. The van der Waals surface area contributed by atoms with Crippen LogP contribution in [0.15, 0.2) is 47.5 Å². The van der Waals surface area contributed by atoms with Crippen molar-refractivity contribution in [2.24, 2.45) is 10.7 Å². The lowest BCUT2D eigenvalue weighted by atomic mass is 9.98. The number of nitrogens with zero attached hydrogens (tertiary/aromatic N) is 3. The number of rotatable bonds is 6. The van der Waals surface area contributed by atoms with E-state index in [-0.39, 0.29) is 11.9 Å². The predicted octanol–water partition coefficient (Wildman–Crippen LogP) is 4.88. The lowest BCUT2D eigenvalue weighted by molar-refractivity contribution is 0.0472. The van der Waals surface area contributed by atoms with Gasteiger partial charge in [0.15, 0.2) is 0 Å². The fourth-order valence-electron chi connectivity index (χ4n) is 4.75. The summed E-state index contributed by atoms with van der Waals surface area (Å²) in [5, 5.41) is 9.80. The highest BCUT2D eigenvalue weighted by Gasteiger charge is 2.29. The summed E-state index contributed by atoms with van der Waals surface area (Å²) in [6.45, 7) is 5.11. The predicted molar refractivity (Wildman–Crippen MR) is 135 cm³/mol. The molecule has 2 saturated heterocycles. The second-order valence-corrected chi connectivity index (χ2v) is 9.73. The van der Waals surface area contributed by atoms with Gasteiger partial charge in [0.1, 0.15) is 17.7 Å². The summed E-state index contributed by atoms with van der Waals surface area (Å²) in [5.74, 6) is 0.803. The summed E-state index contributed by atoms with van der Waals surface area (Å²) in [6, 6.07) is 13.7. The highest BCUT2D eigenvalue weighted by molar-refractivity contribution is 6.42. The first-order valence-corrected chi connectivity index (χ1v) is 12.4. The molecule has 2 aromatic carbocycles. The summed E-state index contributed by atoms with van der Waals surface area (Å²) in [5.41, 5.74) is 7.52. The average molecular weight is 505 g/mol. The molecule has 34 heavy (non-hydrogen) atoms. The molecule has 0 radical (unpaired) electrons. The van der Waals surface area contributed by atoms with E-state index in [1.807, 2.05) is 30.3 Å². The molecule has 2 aliphatic heterocycles. The first kappa shape index (κ1) is 24.8. The second-order valence-electron chi connectivity index (χ2n) is 8.91. The molecule has 9 heteroatoms. The Hall–Kier alpha value is -2.32. The Labute approximate surface area is 210 Å². The van der Waals surface area contributed by atoms with Crippen molar-refractivity contribution < 1.29 is 14.6 Å². The maximum atomic E-state index is 10.7. The van der Waals surface area contributed by atoms with Crippen LogP contribution in [0.4, 0.5) is 4.79 Å². The second kappa shape index (κ2) is 11.4. The van der Waals surface area contributed by atoms with Gasteiger partial charge in [-0.2, -0.15) is 4.99 Å². The fraction of sp³-hybridized carbons (Fsp3) is 0.440. The van der Waals surface area contributed by atoms with E-state index in [1.54, 1.807) is 12.1 Å². The Bertz CT molecular complexity index is 1020. The highest BCUT2D eigenvalue weighted by atomic mass is 35.5. The van der Waals surface area contributed by atoms with Crippen LogP contribution in [0.2, 0.25) is 10.0 Å². The Morgan fingerprint density at radius 2 is 1.68 bits per heavy atom. The molecule has 4 rings (SSSR count). The molecule has 0 bridgehead atoms. The molecule has 0 unspecified atom stereocenters. The smallest absolute Gasteiger partial charge is 0.433 e.